The molecule has 3 rings (SSSR count). The predicted octanol–water partition coefficient (Wildman–Crippen LogP) is 4.65. The highest BCUT2D eigenvalue weighted by Crippen LogP contribution is 2.43. The Labute approximate surface area is 123 Å². The van der Waals surface area contributed by atoms with Gasteiger partial charge in [0.1, 0.15) is 0 Å². The zero-order valence-electron chi connectivity index (χ0n) is 12.7. The van der Waals surface area contributed by atoms with Crippen molar-refractivity contribution in [1.82, 2.24) is 5.32 Å². The Morgan fingerprint density at radius 2 is 2.00 bits per heavy atom. The van der Waals surface area contributed by atoms with Gasteiger partial charge < -0.3 is 5.32 Å². The highest BCUT2D eigenvalue weighted by atomic mass is 14.9. The van der Waals surface area contributed by atoms with E-state index in [2.05, 4.69) is 42.6 Å². The number of fused-ring (bicyclic) bond motifs is 1. The van der Waals surface area contributed by atoms with Crippen LogP contribution in [0.3, 0.4) is 0 Å². The van der Waals surface area contributed by atoms with Gasteiger partial charge in [0.2, 0.25) is 0 Å². The second-order valence-corrected chi connectivity index (χ2v) is 6.40. The second kappa shape index (κ2) is 6.58. The largest absolute Gasteiger partial charge is 0.312 e. The summed E-state index contributed by atoms with van der Waals surface area (Å²) >= 11 is 0. The molecule has 2 aliphatic rings. The van der Waals surface area contributed by atoms with Crippen molar-refractivity contribution < 1.29 is 0 Å². The molecule has 1 nitrogen and oxygen atoms in total. The summed E-state index contributed by atoms with van der Waals surface area (Å²) in [7, 11) is 0. The smallest absolute Gasteiger partial charge is 0.0174 e. The molecule has 20 heavy (non-hydrogen) atoms. The molecule has 0 amide bonds. The first-order valence-corrected chi connectivity index (χ1v) is 8.38. The monoisotopic (exact) mass is 269 g/mol. The lowest BCUT2D eigenvalue weighted by molar-refractivity contribution is 0.330. The van der Waals surface area contributed by atoms with Gasteiger partial charge in [-0.3, -0.25) is 0 Å². The van der Waals surface area contributed by atoms with Crippen LogP contribution in [-0.2, 0) is 0 Å². The van der Waals surface area contributed by atoms with Crippen LogP contribution in [0, 0.1) is 11.8 Å². The first-order chi connectivity index (χ1) is 9.90. The van der Waals surface area contributed by atoms with E-state index < -0.39 is 0 Å². The fraction of sp³-hybridized carbons (Fsp3) is 0.579. The van der Waals surface area contributed by atoms with Crippen LogP contribution >= 0.6 is 0 Å². The molecule has 0 saturated carbocycles. The topological polar surface area (TPSA) is 12.0 Å². The van der Waals surface area contributed by atoms with Gasteiger partial charge in [-0.2, -0.15) is 0 Å². The standard InChI is InChI=1S/C19H27N/c1-2-3-5-8-16-11-12-17(15-9-6-4-7-10-15)19-14-20-13-18(16)19/h4,6-7,9-10,16,18,20H,2-3,5,8,11-14H2,1H3. The zero-order chi connectivity index (χ0) is 13.8. The molecule has 2 atom stereocenters. The van der Waals surface area contributed by atoms with Gasteiger partial charge in [-0.25, -0.2) is 0 Å². The molecular weight excluding hydrogens is 242 g/mol. The van der Waals surface area contributed by atoms with E-state index >= 15 is 0 Å². The van der Waals surface area contributed by atoms with Crippen molar-refractivity contribution in [2.24, 2.45) is 11.8 Å². The average molecular weight is 269 g/mol. The zero-order valence-corrected chi connectivity index (χ0v) is 12.7. The summed E-state index contributed by atoms with van der Waals surface area (Å²) in [6.45, 7) is 4.64. The summed E-state index contributed by atoms with van der Waals surface area (Å²) in [6, 6.07) is 11.0. The lowest BCUT2D eigenvalue weighted by Gasteiger charge is -2.31. The number of allylic oxidation sites excluding steroid dienone is 1. The molecule has 1 N–H and O–H groups in total. The molecular formula is C19H27N. The third kappa shape index (κ3) is 2.83. The highest BCUT2D eigenvalue weighted by molar-refractivity contribution is 5.71. The fourth-order valence-corrected chi connectivity index (χ4v) is 4.06. The van der Waals surface area contributed by atoms with E-state index in [-0.39, 0.29) is 0 Å². The van der Waals surface area contributed by atoms with Gasteiger partial charge in [0, 0.05) is 13.1 Å². The Bertz CT molecular complexity index is 460. The number of unbranched alkanes of at least 4 members (excludes halogenated alkanes) is 2. The van der Waals surface area contributed by atoms with E-state index in [0.717, 1.165) is 18.4 Å². The molecule has 0 radical (unpaired) electrons. The maximum Gasteiger partial charge on any atom is 0.0174 e. The quantitative estimate of drug-likeness (QED) is 0.767. The number of rotatable bonds is 5. The van der Waals surface area contributed by atoms with Gasteiger partial charge in [-0.05, 0) is 47.8 Å². The Balaban J connectivity index is 1.78. The predicted molar refractivity (Wildman–Crippen MR) is 86.6 cm³/mol. The van der Waals surface area contributed by atoms with E-state index in [1.165, 1.54) is 50.6 Å². The van der Waals surface area contributed by atoms with Crippen molar-refractivity contribution in [3.63, 3.8) is 0 Å². The number of benzene rings is 1. The van der Waals surface area contributed by atoms with E-state index in [9.17, 15) is 0 Å². The van der Waals surface area contributed by atoms with Crippen molar-refractivity contribution in [3.05, 3.63) is 41.5 Å². The van der Waals surface area contributed by atoms with Gasteiger partial charge in [-0.15, -0.1) is 0 Å². The third-order valence-corrected chi connectivity index (χ3v) is 5.15. The molecule has 108 valence electrons. The minimum absolute atomic E-state index is 0.816. The van der Waals surface area contributed by atoms with Crippen molar-refractivity contribution >= 4 is 5.57 Å². The summed E-state index contributed by atoms with van der Waals surface area (Å²) in [4.78, 5) is 0. The van der Waals surface area contributed by atoms with Crippen LogP contribution in [0.5, 0.6) is 0 Å². The first-order valence-electron chi connectivity index (χ1n) is 8.38. The van der Waals surface area contributed by atoms with Crippen molar-refractivity contribution in [1.29, 1.82) is 0 Å². The van der Waals surface area contributed by atoms with Crippen molar-refractivity contribution in [2.45, 2.75) is 45.4 Å². The first kappa shape index (κ1) is 13.9. The second-order valence-electron chi connectivity index (χ2n) is 6.40. The Morgan fingerprint density at radius 1 is 1.15 bits per heavy atom. The lowest BCUT2D eigenvalue weighted by Crippen LogP contribution is -2.22. The number of nitrogens with one attached hydrogen (secondary N) is 1. The molecule has 1 saturated heterocycles. The molecule has 2 unspecified atom stereocenters. The summed E-state index contributed by atoms with van der Waals surface area (Å²) < 4.78 is 0. The van der Waals surface area contributed by atoms with Crippen molar-refractivity contribution in [3.8, 4) is 0 Å². The van der Waals surface area contributed by atoms with Crippen LogP contribution in [0.1, 0.15) is 51.0 Å². The molecule has 0 spiro atoms. The molecule has 1 heterocycles. The van der Waals surface area contributed by atoms with Crippen LogP contribution in [0.2, 0.25) is 0 Å². The van der Waals surface area contributed by atoms with Crippen LogP contribution in [-0.4, -0.2) is 13.1 Å². The molecule has 1 aromatic carbocycles. The summed E-state index contributed by atoms with van der Waals surface area (Å²) in [5.41, 5.74) is 4.83. The maximum absolute atomic E-state index is 3.63. The molecule has 1 aliphatic heterocycles. The molecule has 0 bridgehead atoms. The van der Waals surface area contributed by atoms with Crippen LogP contribution < -0.4 is 5.32 Å². The van der Waals surface area contributed by atoms with E-state index in [1.54, 1.807) is 11.1 Å². The molecule has 1 aromatic rings. The minimum Gasteiger partial charge on any atom is -0.312 e. The highest BCUT2D eigenvalue weighted by Gasteiger charge is 2.34. The van der Waals surface area contributed by atoms with Gasteiger partial charge in [0.05, 0.1) is 0 Å². The lowest BCUT2D eigenvalue weighted by atomic mass is 9.73. The average Bonchev–Trinajstić information content (AvgIpc) is 2.98. The normalized spacial score (nSPS) is 25.9. The Hall–Kier alpha value is -1.08. The molecule has 1 heteroatoms. The van der Waals surface area contributed by atoms with E-state index in [0.29, 0.717) is 0 Å². The van der Waals surface area contributed by atoms with Crippen LogP contribution in [0.4, 0.5) is 0 Å². The molecule has 0 aromatic heterocycles. The van der Waals surface area contributed by atoms with Crippen LogP contribution in [0.25, 0.3) is 5.57 Å². The van der Waals surface area contributed by atoms with E-state index in [4.69, 9.17) is 0 Å². The third-order valence-electron chi connectivity index (χ3n) is 5.15. The van der Waals surface area contributed by atoms with E-state index in [1.807, 2.05) is 0 Å². The summed E-state index contributed by atoms with van der Waals surface area (Å²) in [5.74, 6) is 1.75. The van der Waals surface area contributed by atoms with Crippen LogP contribution in [0.15, 0.2) is 35.9 Å². The van der Waals surface area contributed by atoms with Gasteiger partial charge in [0.25, 0.3) is 0 Å². The van der Waals surface area contributed by atoms with Crippen molar-refractivity contribution in [2.75, 3.05) is 13.1 Å². The number of hydrogen-bond acceptors (Lipinski definition) is 1. The SMILES string of the molecule is CCCCCC1CCC(c2ccccc2)=C2CNCC21. The Morgan fingerprint density at radius 3 is 2.80 bits per heavy atom. The summed E-state index contributed by atoms with van der Waals surface area (Å²) in [6.07, 6.45) is 8.28. The minimum atomic E-state index is 0.816. The molecule has 1 fully saturated rings. The van der Waals surface area contributed by atoms with Gasteiger partial charge >= 0.3 is 0 Å². The number of hydrogen-bond donors (Lipinski definition) is 1. The molecule has 1 aliphatic carbocycles. The van der Waals surface area contributed by atoms with Gasteiger partial charge in [-0.1, -0.05) is 56.5 Å². The Kier molecular flexibility index (Phi) is 4.57. The summed E-state index contributed by atoms with van der Waals surface area (Å²) in [5, 5.41) is 3.63. The fourth-order valence-electron chi connectivity index (χ4n) is 4.06. The maximum atomic E-state index is 3.63. The van der Waals surface area contributed by atoms with Gasteiger partial charge in [0.15, 0.2) is 0 Å².